The maximum Gasteiger partial charge on any atom is 0.358 e. The molecule has 0 aliphatic carbocycles. The lowest BCUT2D eigenvalue weighted by Gasteiger charge is -2.13. The number of carbonyl (C=O) groups is 1. The average molecular weight is 345 g/mol. The molecule has 0 fully saturated rings. The number of aromatic nitrogens is 1. The Morgan fingerprint density at radius 3 is 2.55 bits per heavy atom. The quantitative estimate of drug-likeness (QED) is 0.861. The van der Waals surface area contributed by atoms with Crippen LogP contribution in [0.1, 0.15) is 10.5 Å². The Balaban J connectivity index is 2.65. The minimum Gasteiger partial charge on any atom is -0.492 e. The highest BCUT2D eigenvalue weighted by Crippen LogP contribution is 2.39. The van der Waals surface area contributed by atoms with Crippen molar-refractivity contribution < 1.29 is 18.7 Å². The summed E-state index contributed by atoms with van der Waals surface area (Å²) in [6.07, 6.45) is 1.24. The molecule has 2 rings (SSSR count). The summed E-state index contributed by atoms with van der Waals surface area (Å²) in [5.74, 6) is -1.56. The minimum absolute atomic E-state index is 0.000317. The van der Waals surface area contributed by atoms with Crippen molar-refractivity contribution in [3.05, 3.63) is 39.9 Å². The van der Waals surface area contributed by atoms with Crippen LogP contribution in [0.5, 0.6) is 5.75 Å². The van der Waals surface area contributed by atoms with E-state index in [2.05, 4.69) is 9.72 Å². The molecule has 0 aliphatic heterocycles. The fourth-order valence-corrected chi connectivity index (χ4v) is 2.33. The van der Waals surface area contributed by atoms with E-state index in [0.29, 0.717) is 0 Å². The second-order valence-corrected chi connectivity index (χ2v) is 4.97. The van der Waals surface area contributed by atoms with Gasteiger partial charge in [0.1, 0.15) is 0 Å². The molecule has 0 spiro atoms. The minimum atomic E-state index is -0.739. The first-order valence-corrected chi connectivity index (χ1v) is 6.72. The first kappa shape index (κ1) is 16.3. The first-order valence-electron chi connectivity index (χ1n) is 5.97. The summed E-state index contributed by atoms with van der Waals surface area (Å²) in [7, 11) is 2.48. The molecule has 116 valence electrons. The van der Waals surface area contributed by atoms with Gasteiger partial charge in [-0.1, -0.05) is 23.2 Å². The number of anilines is 1. The zero-order valence-corrected chi connectivity index (χ0v) is 13.1. The molecule has 1 aromatic heterocycles. The molecule has 1 heterocycles. The summed E-state index contributed by atoms with van der Waals surface area (Å²) in [4.78, 5) is 15.4. The van der Waals surface area contributed by atoms with E-state index in [1.165, 1.54) is 32.5 Å². The highest BCUT2D eigenvalue weighted by atomic mass is 35.5. The van der Waals surface area contributed by atoms with Gasteiger partial charge < -0.3 is 15.2 Å². The summed E-state index contributed by atoms with van der Waals surface area (Å²) in [5, 5.41) is 0.00484. The van der Waals surface area contributed by atoms with E-state index in [0.717, 1.165) is 0 Å². The molecule has 5 nitrogen and oxygen atoms in total. The predicted octanol–water partition coefficient (Wildman–Crippen LogP) is 3.57. The summed E-state index contributed by atoms with van der Waals surface area (Å²) in [6.45, 7) is 0. The molecule has 0 bridgehead atoms. The average Bonchev–Trinajstić information content (AvgIpc) is 2.50. The Morgan fingerprint density at radius 2 is 1.95 bits per heavy atom. The molecule has 22 heavy (non-hydrogen) atoms. The van der Waals surface area contributed by atoms with Crippen molar-refractivity contribution in [2.45, 2.75) is 0 Å². The van der Waals surface area contributed by atoms with Crippen LogP contribution in [0, 0.1) is 5.82 Å². The van der Waals surface area contributed by atoms with Crippen molar-refractivity contribution in [3.63, 3.8) is 0 Å². The lowest BCUT2D eigenvalue weighted by atomic mass is 10.0. The lowest BCUT2D eigenvalue weighted by Crippen LogP contribution is -2.08. The van der Waals surface area contributed by atoms with E-state index in [1.54, 1.807) is 0 Å². The summed E-state index contributed by atoms with van der Waals surface area (Å²) >= 11 is 11.9. The summed E-state index contributed by atoms with van der Waals surface area (Å²) in [5.41, 5.74) is 6.05. The molecule has 0 unspecified atom stereocenters. The standard InChI is InChI=1S/C14H11Cl2FN2O3/c1-21-13-8(15)4-3-6(10(13)17)7-5-19-12(14(20)22-2)9(16)11(7)18/h3-5H,1-2H3,(H2,18,19). The largest absolute Gasteiger partial charge is 0.492 e. The number of hydrogen-bond donors (Lipinski definition) is 1. The number of esters is 1. The van der Waals surface area contributed by atoms with Crippen LogP contribution < -0.4 is 10.5 Å². The van der Waals surface area contributed by atoms with Gasteiger partial charge in [-0.25, -0.2) is 14.2 Å². The van der Waals surface area contributed by atoms with Crippen LogP contribution in [0.25, 0.3) is 11.1 Å². The van der Waals surface area contributed by atoms with E-state index in [1.807, 2.05) is 0 Å². The van der Waals surface area contributed by atoms with Crippen molar-refractivity contribution in [1.29, 1.82) is 0 Å². The number of benzene rings is 1. The molecule has 1 aromatic carbocycles. The molecule has 0 saturated carbocycles. The van der Waals surface area contributed by atoms with Gasteiger partial charge in [-0.15, -0.1) is 0 Å². The zero-order valence-electron chi connectivity index (χ0n) is 11.6. The first-order chi connectivity index (χ1) is 10.4. The Morgan fingerprint density at radius 1 is 1.27 bits per heavy atom. The third kappa shape index (κ3) is 2.67. The third-order valence-electron chi connectivity index (χ3n) is 2.98. The van der Waals surface area contributed by atoms with Gasteiger partial charge in [-0.2, -0.15) is 0 Å². The van der Waals surface area contributed by atoms with Crippen LogP contribution >= 0.6 is 23.2 Å². The van der Waals surface area contributed by atoms with Crippen LogP contribution in [-0.2, 0) is 4.74 Å². The number of hydrogen-bond acceptors (Lipinski definition) is 5. The predicted molar refractivity (Wildman–Crippen MR) is 82.0 cm³/mol. The number of ether oxygens (including phenoxy) is 2. The second kappa shape index (κ2) is 6.37. The van der Waals surface area contributed by atoms with Crippen LogP contribution in [0.2, 0.25) is 10.0 Å². The Hall–Kier alpha value is -2.05. The van der Waals surface area contributed by atoms with Gasteiger partial charge in [0.25, 0.3) is 0 Å². The van der Waals surface area contributed by atoms with E-state index in [9.17, 15) is 9.18 Å². The Labute approximate surface area is 135 Å². The zero-order chi connectivity index (χ0) is 16.4. The van der Waals surface area contributed by atoms with Crippen molar-refractivity contribution in [2.24, 2.45) is 0 Å². The normalized spacial score (nSPS) is 10.4. The number of halogens is 3. The van der Waals surface area contributed by atoms with Crippen molar-refractivity contribution in [1.82, 2.24) is 4.98 Å². The number of nitrogens with zero attached hydrogens (tertiary/aromatic N) is 1. The van der Waals surface area contributed by atoms with E-state index >= 15 is 0 Å². The van der Waals surface area contributed by atoms with Gasteiger partial charge in [0.2, 0.25) is 0 Å². The van der Waals surface area contributed by atoms with Gasteiger partial charge >= 0.3 is 5.97 Å². The van der Waals surface area contributed by atoms with Crippen LogP contribution in [-0.4, -0.2) is 25.2 Å². The van der Waals surface area contributed by atoms with Gasteiger partial charge in [-0.05, 0) is 12.1 Å². The van der Waals surface area contributed by atoms with E-state index in [-0.39, 0.29) is 38.3 Å². The fraction of sp³-hybridized carbons (Fsp3) is 0.143. The fourth-order valence-electron chi connectivity index (χ4n) is 1.88. The third-order valence-corrected chi connectivity index (χ3v) is 3.66. The number of nitrogen functional groups attached to an aromatic ring is 1. The smallest absolute Gasteiger partial charge is 0.358 e. The second-order valence-electron chi connectivity index (χ2n) is 4.18. The van der Waals surface area contributed by atoms with Gasteiger partial charge in [0.05, 0.1) is 30.0 Å². The summed E-state index contributed by atoms with van der Waals surface area (Å²) < 4.78 is 23.9. The topological polar surface area (TPSA) is 74.4 Å². The van der Waals surface area contributed by atoms with Crippen molar-refractivity contribution in [3.8, 4) is 16.9 Å². The SMILES string of the molecule is COC(=O)c1ncc(-c2ccc(Cl)c(OC)c2F)c(N)c1Cl. The number of carbonyl (C=O) groups excluding carboxylic acids is 1. The Bertz CT molecular complexity index is 753. The van der Waals surface area contributed by atoms with Gasteiger partial charge in [0, 0.05) is 17.3 Å². The highest BCUT2D eigenvalue weighted by Gasteiger charge is 2.21. The molecule has 0 aliphatic rings. The maximum atomic E-state index is 14.4. The van der Waals surface area contributed by atoms with Gasteiger partial charge in [0.15, 0.2) is 17.3 Å². The van der Waals surface area contributed by atoms with E-state index in [4.69, 9.17) is 33.7 Å². The van der Waals surface area contributed by atoms with Crippen molar-refractivity contribution in [2.75, 3.05) is 20.0 Å². The molecule has 0 radical (unpaired) electrons. The monoisotopic (exact) mass is 344 g/mol. The van der Waals surface area contributed by atoms with Crippen LogP contribution in [0.15, 0.2) is 18.3 Å². The molecular formula is C14H11Cl2FN2O3. The molecule has 2 aromatic rings. The highest BCUT2D eigenvalue weighted by molar-refractivity contribution is 6.36. The Kier molecular flexibility index (Phi) is 4.73. The van der Waals surface area contributed by atoms with Crippen LogP contribution in [0.3, 0.4) is 0 Å². The lowest BCUT2D eigenvalue weighted by molar-refractivity contribution is 0.0594. The molecule has 2 N–H and O–H groups in total. The van der Waals surface area contributed by atoms with Gasteiger partial charge in [-0.3, -0.25) is 0 Å². The molecule has 0 atom stereocenters. The summed E-state index contributed by atoms with van der Waals surface area (Å²) in [6, 6.07) is 2.88. The van der Waals surface area contributed by atoms with Crippen LogP contribution in [0.4, 0.5) is 10.1 Å². The van der Waals surface area contributed by atoms with E-state index < -0.39 is 11.8 Å². The molecule has 8 heteroatoms. The molecular weight excluding hydrogens is 334 g/mol. The number of nitrogens with two attached hydrogens (primary N) is 1. The number of methoxy groups -OCH3 is 2. The number of pyridine rings is 1. The molecule has 0 saturated heterocycles. The molecule has 0 amide bonds. The maximum absolute atomic E-state index is 14.4. The van der Waals surface area contributed by atoms with Crippen molar-refractivity contribution >= 4 is 34.9 Å². The number of rotatable bonds is 3.